The number of amides is 1. The lowest BCUT2D eigenvalue weighted by Crippen LogP contribution is -2.31. The zero-order valence-electron chi connectivity index (χ0n) is 17.9. The highest BCUT2D eigenvalue weighted by molar-refractivity contribution is 6.06. The van der Waals surface area contributed by atoms with E-state index in [1.165, 1.54) is 37.4 Å². The van der Waals surface area contributed by atoms with Crippen molar-refractivity contribution in [2.75, 3.05) is 24.9 Å². The van der Waals surface area contributed by atoms with Crippen LogP contribution in [0.3, 0.4) is 0 Å². The second-order valence-corrected chi connectivity index (χ2v) is 7.10. The first-order valence-electron chi connectivity index (χ1n) is 9.72. The Morgan fingerprint density at radius 1 is 1.24 bits per heavy atom. The smallest absolute Gasteiger partial charge is 0.315 e. The molecule has 0 spiro atoms. The molecule has 0 aliphatic carbocycles. The van der Waals surface area contributed by atoms with Crippen LogP contribution in [0.4, 0.5) is 17.3 Å². The van der Waals surface area contributed by atoms with Crippen molar-refractivity contribution in [1.82, 2.24) is 14.8 Å². The number of nitro benzene ring substituents is 1. The number of nitrogens with one attached hydrogen (secondary N) is 2. The molecule has 0 radical (unpaired) electrons. The molecule has 0 saturated carbocycles. The minimum atomic E-state index is -0.897. The molecule has 3 N–H and O–H groups in total. The molecule has 3 aromatic rings. The van der Waals surface area contributed by atoms with Crippen LogP contribution < -0.4 is 20.1 Å². The number of carbonyl (C=O) groups excluding carboxylic acids is 1. The maximum Gasteiger partial charge on any atom is 0.315 e. The van der Waals surface area contributed by atoms with E-state index in [9.17, 15) is 20.0 Å². The van der Waals surface area contributed by atoms with Gasteiger partial charge in [-0.15, -0.1) is 0 Å². The quantitative estimate of drug-likeness (QED) is 0.378. The zero-order valence-corrected chi connectivity index (χ0v) is 17.9. The van der Waals surface area contributed by atoms with E-state index in [-0.39, 0.29) is 11.3 Å². The first-order valence-corrected chi connectivity index (χ1v) is 9.72. The molecule has 12 heteroatoms. The van der Waals surface area contributed by atoms with Crippen molar-refractivity contribution in [2.24, 2.45) is 0 Å². The molecule has 1 aliphatic rings. The summed E-state index contributed by atoms with van der Waals surface area (Å²) >= 11 is 0. The summed E-state index contributed by atoms with van der Waals surface area (Å²) in [4.78, 5) is 28.4. The van der Waals surface area contributed by atoms with E-state index in [4.69, 9.17) is 9.47 Å². The summed E-state index contributed by atoms with van der Waals surface area (Å²) in [5.41, 5.74) is 0.895. The Morgan fingerprint density at radius 3 is 2.67 bits per heavy atom. The third-order valence-electron chi connectivity index (χ3n) is 5.20. The van der Waals surface area contributed by atoms with Gasteiger partial charge >= 0.3 is 5.69 Å². The number of allylic oxidation sites excluding steroid dienone is 1. The molecule has 1 amide bonds. The maximum absolute atomic E-state index is 13.5. The number of ether oxygens (including phenoxy) is 2. The number of hydrogen-bond donors (Lipinski definition) is 3. The third-order valence-corrected chi connectivity index (χ3v) is 5.20. The molecular weight excluding hydrogens is 432 g/mol. The Morgan fingerprint density at radius 2 is 1.97 bits per heavy atom. The van der Waals surface area contributed by atoms with Crippen LogP contribution >= 0.6 is 0 Å². The first-order chi connectivity index (χ1) is 15.8. The van der Waals surface area contributed by atoms with E-state index in [1.807, 2.05) is 0 Å². The van der Waals surface area contributed by atoms with Gasteiger partial charge in [-0.05, 0) is 30.7 Å². The normalized spacial score (nSPS) is 14.8. The van der Waals surface area contributed by atoms with Crippen LogP contribution in [0.25, 0.3) is 0 Å². The Balaban J connectivity index is 1.86. The van der Waals surface area contributed by atoms with Crippen LogP contribution in [-0.2, 0) is 4.79 Å². The van der Waals surface area contributed by atoms with Crippen LogP contribution in [0, 0.1) is 10.1 Å². The summed E-state index contributed by atoms with van der Waals surface area (Å²) in [6, 6.07) is 8.63. The van der Waals surface area contributed by atoms with Gasteiger partial charge in [0.25, 0.3) is 5.91 Å². The molecule has 12 nitrogen and oxygen atoms in total. The van der Waals surface area contributed by atoms with Gasteiger partial charge in [0.2, 0.25) is 11.7 Å². The summed E-state index contributed by atoms with van der Waals surface area (Å²) in [7, 11) is 2.77. The van der Waals surface area contributed by atoms with Crippen LogP contribution in [0.5, 0.6) is 17.2 Å². The van der Waals surface area contributed by atoms with Crippen LogP contribution in [0.2, 0.25) is 0 Å². The van der Waals surface area contributed by atoms with E-state index in [0.717, 1.165) is 0 Å². The molecular formula is C21H20N6O6. The highest BCUT2D eigenvalue weighted by Gasteiger charge is 2.36. The fraction of sp³-hybridized carbons (Fsp3) is 0.190. The summed E-state index contributed by atoms with van der Waals surface area (Å²) in [5, 5.41) is 31.8. The average Bonchev–Trinajstić information content (AvgIpc) is 3.26. The van der Waals surface area contributed by atoms with E-state index in [0.29, 0.717) is 28.6 Å². The molecule has 33 heavy (non-hydrogen) atoms. The molecule has 2 heterocycles. The summed E-state index contributed by atoms with van der Waals surface area (Å²) in [6.45, 7) is 1.69. The fourth-order valence-electron chi connectivity index (χ4n) is 3.70. The van der Waals surface area contributed by atoms with Gasteiger partial charge in [0.05, 0.1) is 30.4 Å². The lowest BCUT2D eigenvalue weighted by atomic mass is 9.94. The van der Waals surface area contributed by atoms with Crippen molar-refractivity contribution in [3.63, 3.8) is 0 Å². The van der Waals surface area contributed by atoms with Gasteiger partial charge < -0.3 is 25.2 Å². The number of nitro groups is 1. The van der Waals surface area contributed by atoms with Crippen molar-refractivity contribution < 1.29 is 24.3 Å². The topological polar surface area (TPSA) is 154 Å². The lowest BCUT2D eigenvalue weighted by molar-refractivity contribution is -0.386. The Labute approximate surface area is 187 Å². The number of benzene rings is 2. The van der Waals surface area contributed by atoms with E-state index < -0.39 is 28.3 Å². The number of aromatic hydroxyl groups is 1. The predicted octanol–water partition coefficient (Wildman–Crippen LogP) is 2.84. The summed E-state index contributed by atoms with van der Waals surface area (Å²) in [6.07, 6.45) is 1.30. The van der Waals surface area contributed by atoms with Crippen LogP contribution in [-0.4, -0.2) is 44.9 Å². The average molecular weight is 452 g/mol. The van der Waals surface area contributed by atoms with E-state index in [1.54, 1.807) is 31.2 Å². The Kier molecular flexibility index (Phi) is 5.56. The van der Waals surface area contributed by atoms with Crippen LogP contribution in [0.15, 0.2) is 54.0 Å². The van der Waals surface area contributed by atoms with Gasteiger partial charge in [-0.3, -0.25) is 14.9 Å². The first kappa shape index (κ1) is 21.6. The number of para-hydroxylation sites is 2. The van der Waals surface area contributed by atoms with Gasteiger partial charge in [-0.2, -0.15) is 10.1 Å². The highest BCUT2D eigenvalue weighted by atomic mass is 16.6. The molecule has 0 saturated heterocycles. The number of carbonyl (C=O) groups is 1. The number of nitrogens with zero attached hydrogens (tertiary/aromatic N) is 4. The molecule has 1 aromatic heterocycles. The summed E-state index contributed by atoms with van der Waals surface area (Å²) < 4.78 is 11.9. The number of rotatable bonds is 6. The van der Waals surface area contributed by atoms with E-state index in [2.05, 4.69) is 20.7 Å². The molecule has 0 unspecified atom stereocenters. The predicted molar refractivity (Wildman–Crippen MR) is 117 cm³/mol. The molecule has 0 bridgehead atoms. The van der Waals surface area contributed by atoms with Gasteiger partial charge in [-0.25, -0.2) is 4.68 Å². The lowest BCUT2D eigenvalue weighted by Gasteiger charge is -2.29. The number of anilines is 2. The standard InChI is InChI=1S/C21H20N6O6/c1-11-17(20(29)25-13-6-4-5-7-15(13)32-2)18(26-21(24-11)22-10-23-26)12-8-14(27(30)31)19(28)16(9-12)33-3/h4-10,18,28H,1-3H3,(H,25,29)(H,22,23,24)/t18-/m0/s1. The van der Waals surface area contributed by atoms with Crippen LogP contribution in [0.1, 0.15) is 18.5 Å². The Hall–Kier alpha value is -4.61. The van der Waals surface area contributed by atoms with Crippen molar-refractivity contribution in [3.8, 4) is 17.2 Å². The molecule has 1 aliphatic heterocycles. The number of phenols is 1. The number of methoxy groups -OCH3 is 2. The largest absolute Gasteiger partial charge is 0.500 e. The van der Waals surface area contributed by atoms with Gasteiger partial charge in [0.15, 0.2) is 5.75 Å². The minimum Gasteiger partial charge on any atom is -0.500 e. The third kappa shape index (κ3) is 3.78. The molecule has 2 aromatic carbocycles. The monoisotopic (exact) mass is 452 g/mol. The molecule has 170 valence electrons. The van der Waals surface area contributed by atoms with Crippen molar-refractivity contribution in [3.05, 3.63) is 69.7 Å². The molecule has 1 atom stereocenters. The fourth-order valence-corrected chi connectivity index (χ4v) is 3.70. The number of fused-ring (bicyclic) bond motifs is 1. The number of hydrogen-bond acceptors (Lipinski definition) is 9. The zero-order chi connectivity index (χ0) is 23.7. The van der Waals surface area contributed by atoms with Crippen molar-refractivity contribution >= 4 is 23.2 Å². The van der Waals surface area contributed by atoms with Gasteiger partial charge in [-0.1, -0.05) is 12.1 Å². The number of aromatic nitrogens is 3. The SMILES string of the molecule is COc1ccccc1NC(=O)C1=C(C)Nc2ncnn2[C@H]1c1cc(OC)c(O)c([N+](=O)[O-])c1. The van der Waals surface area contributed by atoms with Gasteiger partial charge in [0, 0.05) is 11.8 Å². The number of phenolic OH excluding ortho intramolecular Hbond substituents is 1. The Bertz CT molecular complexity index is 1280. The second kappa shape index (κ2) is 8.49. The van der Waals surface area contributed by atoms with Gasteiger partial charge in [0.1, 0.15) is 18.1 Å². The molecule has 4 rings (SSSR count). The minimum absolute atomic E-state index is 0.110. The maximum atomic E-state index is 13.5. The molecule has 0 fully saturated rings. The van der Waals surface area contributed by atoms with Crippen molar-refractivity contribution in [1.29, 1.82) is 0 Å². The second-order valence-electron chi connectivity index (χ2n) is 7.10. The summed E-state index contributed by atoms with van der Waals surface area (Å²) in [5.74, 6) is -0.388. The highest BCUT2D eigenvalue weighted by Crippen LogP contribution is 2.43. The van der Waals surface area contributed by atoms with Crippen molar-refractivity contribution in [2.45, 2.75) is 13.0 Å². The van der Waals surface area contributed by atoms with E-state index >= 15 is 0 Å².